The molecule has 2 atom stereocenters. The van der Waals surface area contributed by atoms with Gasteiger partial charge in [-0.3, -0.25) is 0 Å². The Kier molecular flexibility index (Phi) is 10.8. The summed E-state index contributed by atoms with van der Waals surface area (Å²) in [5, 5.41) is 0. The van der Waals surface area contributed by atoms with Crippen LogP contribution < -0.4 is 11.5 Å². The lowest BCUT2D eigenvalue weighted by Gasteiger charge is -2.42. The van der Waals surface area contributed by atoms with Gasteiger partial charge in [-0.1, -0.05) is 103 Å². The average molecular weight is 678 g/mol. The van der Waals surface area contributed by atoms with Crippen molar-refractivity contribution in [2.75, 3.05) is 11.5 Å². The molecule has 0 spiro atoms. The number of nitrogen functional groups attached to an aromatic ring is 2. The zero-order chi connectivity index (χ0) is 34.2. The van der Waals surface area contributed by atoms with Gasteiger partial charge in [0.05, 0.1) is 5.69 Å². The minimum absolute atomic E-state index is 0.213. The maximum absolute atomic E-state index is 6.29. The fourth-order valence-corrected chi connectivity index (χ4v) is 12.2. The monoisotopic (exact) mass is 677 g/mol. The molecule has 0 saturated heterocycles. The number of hydrogen-bond donors (Lipinski definition) is 2. The van der Waals surface area contributed by atoms with Crippen molar-refractivity contribution in [2.45, 2.75) is 56.6 Å². The van der Waals surface area contributed by atoms with Crippen LogP contribution in [-0.2, 0) is 10.9 Å². The summed E-state index contributed by atoms with van der Waals surface area (Å²) in [6, 6.07) is 56.4. The Morgan fingerprint density at radius 1 is 0.571 bits per heavy atom. The third kappa shape index (κ3) is 7.41. The molecular formula is C45H45N2S2+. The lowest BCUT2D eigenvalue weighted by atomic mass is 10.0. The minimum Gasteiger partial charge on any atom is -0.398 e. The van der Waals surface area contributed by atoms with E-state index in [1.165, 1.54) is 39.8 Å². The van der Waals surface area contributed by atoms with Gasteiger partial charge in [0.15, 0.2) is 14.7 Å². The van der Waals surface area contributed by atoms with Gasteiger partial charge in [-0.15, -0.1) is 10.0 Å². The summed E-state index contributed by atoms with van der Waals surface area (Å²) in [7, 11) is -1.74. The van der Waals surface area contributed by atoms with Crippen LogP contribution >= 0.6 is 10.0 Å². The molecule has 1 aliphatic rings. The molecule has 0 radical (unpaired) electrons. The van der Waals surface area contributed by atoms with E-state index in [0.717, 1.165) is 23.4 Å². The first kappa shape index (κ1) is 34.0. The zero-order valence-corrected chi connectivity index (χ0v) is 30.1. The first-order valence-corrected chi connectivity index (χ1v) is 19.6. The Balaban J connectivity index is 0.000000171. The van der Waals surface area contributed by atoms with Gasteiger partial charge in [-0.25, -0.2) is 0 Å². The summed E-state index contributed by atoms with van der Waals surface area (Å²) < 4.78 is 0. The van der Waals surface area contributed by atoms with Crippen LogP contribution in [0, 0.1) is 19.8 Å². The molecule has 6 aromatic carbocycles. The number of aryl methyl sites for hydroxylation is 2. The van der Waals surface area contributed by atoms with E-state index in [0.29, 0.717) is 5.92 Å². The summed E-state index contributed by atoms with van der Waals surface area (Å²) in [6.07, 6.45) is 7.95. The van der Waals surface area contributed by atoms with Crippen LogP contribution in [0.1, 0.15) is 24.5 Å². The Hall–Kier alpha value is -4.90. The molecule has 0 heterocycles. The Morgan fingerprint density at radius 2 is 1.08 bits per heavy atom. The van der Waals surface area contributed by atoms with E-state index in [9.17, 15) is 0 Å². The molecule has 1 aliphatic carbocycles. The van der Waals surface area contributed by atoms with E-state index < -0.39 is 10.0 Å². The number of rotatable bonds is 7. The van der Waals surface area contributed by atoms with Gasteiger partial charge in [0.2, 0.25) is 0 Å². The molecule has 0 saturated carbocycles. The third-order valence-electron chi connectivity index (χ3n) is 8.81. The Bertz CT molecular complexity index is 1940. The zero-order valence-electron chi connectivity index (χ0n) is 28.5. The minimum atomic E-state index is -1.53. The molecule has 6 aromatic rings. The highest BCUT2D eigenvalue weighted by Crippen LogP contribution is 2.73. The highest BCUT2D eigenvalue weighted by Gasteiger charge is 2.34. The molecule has 246 valence electrons. The summed E-state index contributed by atoms with van der Waals surface area (Å²) >= 11 is 0. The topological polar surface area (TPSA) is 52.0 Å². The molecule has 49 heavy (non-hydrogen) atoms. The Morgan fingerprint density at radius 3 is 1.57 bits per heavy atom. The lowest BCUT2D eigenvalue weighted by molar-refractivity contribution is 0.735. The van der Waals surface area contributed by atoms with E-state index in [1.807, 2.05) is 19.1 Å². The van der Waals surface area contributed by atoms with Gasteiger partial charge in [0, 0.05) is 31.3 Å². The first-order valence-electron chi connectivity index (χ1n) is 16.8. The number of hydrogen-bond acceptors (Lipinski definition) is 2. The third-order valence-corrected chi connectivity index (χ3v) is 15.0. The average Bonchev–Trinajstić information content (AvgIpc) is 3.14. The van der Waals surface area contributed by atoms with Gasteiger partial charge < -0.3 is 11.5 Å². The van der Waals surface area contributed by atoms with Crippen LogP contribution in [0.2, 0.25) is 0 Å². The van der Waals surface area contributed by atoms with Gasteiger partial charge in [0.25, 0.3) is 0 Å². The summed E-state index contributed by atoms with van der Waals surface area (Å²) in [6.45, 7) is 6.42. The van der Waals surface area contributed by atoms with Gasteiger partial charge in [-0.05, 0) is 111 Å². The summed E-state index contributed by atoms with van der Waals surface area (Å²) in [4.78, 5) is 9.16. The number of para-hydroxylation sites is 1. The molecule has 2 nitrogen and oxygen atoms in total. The van der Waals surface area contributed by atoms with Crippen molar-refractivity contribution < 1.29 is 0 Å². The second-order valence-electron chi connectivity index (χ2n) is 12.4. The maximum atomic E-state index is 6.29. The number of nitrogens with two attached hydrogens (primary N) is 2. The second kappa shape index (κ2) is 15.5. The van der Waals surface area contributed by atoms with E-state index >= 15 is 0 Å². The number of benzene rings is 6. The number of anilines is 2. The molecule has 0 bridgehead atoms. The second-order valence-corrected chi connectivity index (χ2v) is 17.5. The van der Waals surface area contributed by atoms with Crippen molar-refractivity contribution in [1.82, 2.24) is 0 Å². The van der Waals surface area contributed by atoms with Crippen molar-refractivity contribution in [3.8, 4) is 0 Å². The molecule has 0 fully saturated rings. The van der Waals surface area contributed by atoms with E-state index in [-0.39, 0.29) is 10.9 Å². The Labute approximate surface area is 296 Å². The lowest BCUT2D eigenvalue weighted by Crippen LogP contribution is -2.11. The molecule has 7 rings (SSSR count). The van der Waals surface area contributed by atoms with Crippen LogP contribution in [0.4, 0.5) is 11.4 Å². The van der Waals surface area contributed by atoms with Crippen LogP contribution in [0.25, 0.3) is 0 Å². The molecule has 4 heteroatoms. The van der Waals surface area contributed by atoms with Crippen molar-refractivity contribution in [1.29, 1.82) is 0 Å². The molecule has 0 aromatic heterocycles. The SMILES string of the molecule is Cc1ccc(S(c2ccccc2)(c2ccccc2)c2ccccc2)cc1.Cc1ccc([S+](C2=CCC(C)C=C2)c2ccccc2N)cc1N. The molecular weight excluding hydrogens is 633 g/mol. The van der Waals surface area contributed by atoms with Crippen molar-refractivity contribution in [3.63, 3.8) is 0 Å². The quantitative estimate of drug-likeness (QED) is 0.130. The largest absolute Gasteiger partial charge is 0.398 e. The smallest absolute Gasteiger partial charge is 0.189 e. The van der Waals surface area contributed by atoms with Gasteiger partial charge in [-0.2, -0.15) is 0 Å². The predicted octanol–water partition coefficient (Wildman–Crippen LogP) is 12.0. The molecule has 2 unspecified atom stereocenters. The predicted molar refractivity (Wildman–Crippen MR) is 213 cm³/mol. The van der Waals surface area contributed by atoms with Crippen molar-refractivity contribution >= 4 is 32.3 Å². The van der Waals surface area contributed by atoms with Gasteiger partial charge >= 0.3 is 0 Å². The van der Waals surface area contributed by atoms with Crippen LogP contribution in [0.5, 0.6) is 0 Å². The molecule has 0 amide bonds. The van der Waals surface area contributed by atoms with E-state index in [1.54, 1.807) is 0 Å². The van der Waals surface area contributed by atoms with Crippen molar-refractivity contribution in [3.05, 3.63) is 192 Å². The highest BCUT2D eigenvalue weighted by atomic mass is 32.3. The van der Waals surface area contributed by atoms with Crippen molar-refractivity contribution in [2.24, 2.45) is 5.92 Å². The molecule has 0 aliphatic heterocycles. The maximum Gasteiger partial charge on any atom is 0.189 e. The van der Waals surface area contributed by atoms with Crippen LogP contribution in [-0.4, -0.2) is 0 Å². The first-order chi connectivity index (χ1) is 23.9. The highest BCUT2D eigenvalue weighted by molar-refractivity contribution is 8.34. The fraction of sp³-hybridized carbons (Fsp3) is 0.111. The standard InChI is InChI=1S/C25H22S.C20H23N2S/c1-21-17-19-25(20-18-21)26(22-11-5-2-6-12-22,23-13-7-3-8-14-23)24-15-9-4-10-16-24;1-14-7-10-16(11-8-14)23(20-6-4-3-5-18(20)21)17-12-9-15(2)19(22)13-17/h2-20H,1H3;3-7,9-14H,8,21-22H2,1-2H3/q;+1. The van der Waals surface area contributed by atoms with Gasteiger partial charge in [0.1, 0.15) is 10.9 Å². The van der Waals surface area contributed by atoms with E-state index in [4.69, 9.17) is 11.5 Å². The van der Waals surface area contributed by atoms with Crippen LogP contribution in [0.15, 0.2) is 210 Å². The van der Waals surface area contributed by atoms with Crippen LogP contribution in [0.3, 0.4) is 0 Å². The van der Waals surface area contributed by atoms with E-state index in [2.05, 4.69) is 178 Å². The summed E-state index contributed by atoms with van der Waals surface area (Å²) in [5.74, 6) is 0.598. The molecule has 4 N–H and O–H groups in total. The fourth-order valence-electron chi connectivity index (χ4n) is 6.09. The summed E-state index contributed by atoms with van der Waals surface area (Å²) in [5.41, 5.74) is 16.5. The normalized spacial score (nSPS) is 15.0. The number of allylic oxidation sites excluding steroid dienone is 3.